The van der Waals surface area contributed by atoms with Gasteiger partial charge in [-0.2, -0.15) is 4.57 Å². The van der Waals surface area contributed by atoms with Gasteiger partial charge in [0.2, 0.25) is 11.6 Å². The van der Waals surface area contributed by atoms with Crippen LogP contribution in [0.3, 0.4) is 0 Å². The molecule has 1 aromatic heterocycles. The molecule has 3 nitrogen and oxygen atoms in total. The Morgan fingerprint density at radius 2 is 2.00 bits per heavy atom. The molecule has 86 valence electrons. The molecule has 0 radical (unpaired) electrons. The lowest BCUT2D eigenvalue weighted by Crippen LogP contribution is -2.41. The Bertz CT molecular complexity index is 490. The predicted octanol–water partition coefficient (Wildman–Crippen LogP) is 1.14. The minimum absolute atomic E-state index is 0.162. The Morgan fingerprint density at radius 3 is 2.82 bits per heavy atom. The fourth-order valence-electron chi connectivity index (χ4n) is 2.45. The van der Waals surface area contributed by atoms with Crippen LogP contribution >= 0.6 is 0 Å². The van der Waals surface area contributed by atoms with E-state index in [1.54, 1.807) is 0 Å². The van der Waals surface area contributed by atoms with Crippen molar-refractivity contribution in [2.45, 2.75) is 6.42 Å². The highest BCUT2D eigenvalue weighted by Crippen LogP contribution is 2.27. The van der Waals surface area contributed by atoms with Crippen LogP contribution in [0.2, 0.25) is 0 Å². The lowest BCUT2D eigenvalue weighted by atomic mass is 9.82. The number of nitrogens with zero attached hydrogens (tertiary/aromatic N) is 1. The molecule has 1 amide bonds. The molecule has 1 aromatic rings. The van der Waals surface area contributed by atoms with Gasteiger partial charge in [0.05, 0.1) is 0 Å². The number of pyridine rings is 1. The quantitative estimate of drug-likeness (QED) is 0.717. The zero-order valence-corrected chi connectivity index (χ0v) is 9.54. The van der Waals surface area contributed by atoms with Crippen molar-refractivity contribution in [3.8, 4) is 0 Å². The molecule has 2 aliphatic rings. The van der Waals surface area contributed by atoms with Crippen LogP contribution in [0.15, 0.2) is 48.8 Å². The van der Waals surface area contributed by atoms with E-state index in [-0.39, 0.29) is 5.91 Å². The summed E-state index contributed by atoms with van der Waals surface area (Å²) in [5, 5.41) is 2.91. The average Bonchev–Trinajstić information content (AvgIpc) is 2.39. The number of amides is 1. The van der Waals surface area contributed by atoms with E-state index < -0.39 is 0 Å². The molecule has 2 heterocycles. The highest BCUT2D eigenvalue weighted by Gasteiger charge is 2.30. The first-order valence-electron chi connectivity index (χ1n) is 5.96. The van der Waals surface area contributed by atoms with E-state index in [1.807, 2.05) is 30.6 Å². The highest BCUT2D eigenvalue weighted by molar-refractivity contribution is 5.78. The summed E-state index contributed by atoms with van der Waals surface area (Å²) in [5.41, 5.74) is 1.15. The van der Waals surface area contributed by atoms with Crippen LogP contribution < -0.4 is 9.88 Å². The zero-order valence-electron chi connectivity index (χ0n) is 9.54. The van der Waals surface area contributed by atoms with Gasteiger partial charge >= 0.3 is 0 Å². The number of nitrogens with one attached hydrogen (secondary N) is 1. The van der Waals surface area contributed by atoms with Crippen molar-refractivity contribution in [3.05, 3.63) is 48.8 Å². The third-order valence-electron chi connectivity index (χ3n) is 3.42. The van der Waals surface area contributed by atoms with E-state index in [2.05, 4.69) is 28.1 Å². The van der Waals surface area contributed by atoms with Gasteiger partial charge in [-0.15, -0.1) is 0 Å². The molecule has 1 aliphatic carbocycles. The molecular formula is C14H15N2O+. The second kappa shape index (κ2) is 4.17. The van der Waals surface area contributed by atoms with Gasteiger partial charge in [0.1, 0.15) is 0 Å². The molecule has 0 saturated carbocycles. The zero-order chi connectivity index (χ0) is 11.7. The van der Waals surface area contributed by atoms with Crippen LogP contribution in [-0.4, -0.2) is 12.5 Å². The van der Waals surface area contributed by atoms with Gasteiger partial charge in [0.25, 0.3) is 0 Å². The summed E-state index contributed by atoms with van der Waals surface area (Å²) in [4.78, 5) is 11.4. The van der Waals surface area contributed by atoms with E-state index in [0.717, 1.165) is 12.2 Å². The molecule has 1 aliphatic heterocycles. The van der Waals surface area contributed by atoms with Crippen molar-refractivity contribution in [2.24, 2.45) is 11.8 Å². The molecule has 0 spiro atoms. The van der Waals surface area contributed by atoms with E-state index in [0.29, 0.717) is 18.3 Å². The maximum atomic E-state index is 11.4. The van der Waals surface area contributed by atoms with E-state index >= 15 is 0 Å². The van der Waals surface area contributed by atoms with Gasteiger partial charge in [-0.3, -0.25) is 4.79 Å². The molecule has 17 heavy (non-hydrogen) atoms. The summed E-state index contributed by atoms with van der Waals surface area (Å²) in [5.74, 6) is 0.965. The summed E-state index contributed by atoms with van der Waals surface area (Å²) in [6, 6.07) is 6.02. The Morgan fingerprint density at radius 1 is 1.18 bits per heavy atom. The number of aromatic nitrogens is 1. The van der Waals surface area contributed by atoms with Crippen LogP contribution in [0, 0.1) is 11.8 Å². The maximum Gasteiger partial charge on any atom is 0.220 e. The molecule has 3 heteroatoms. The second-order valence-electron chi connectivity index (χ2n) is 4.57. The van der Waals surface area contributed by atoms with E-state index in [9.17, 15) is 4.79 Å². The van der Waals surface area contributed by atoms with Gasteiger partial charge in [0, 0.05) is 43.0 Å². The molecule has 1 N–H and O–H groups in total. The fourth-order valence-corrected chi connectivity index (χ4v) is 2.45. The van der Waals surface area contributed by atoms with Crippen molar-refractivity contribution in [1.82, 2.24) is 5.32 Å². The second-order valence-corrected chi connectivity index (χ2v) is 4.57. The van der Waals surface area contributed by atoms with Crippen LogP contribution in [0.25, 0.3) is 5.70 Å². The van der Waals surface area contributed by atoms with Crippen LogP contribution in [0.5, 0.6) is 0 Å². The Kier molecular flexibility index (Phi) is 2.52. The third-order valence-corrected chi connectivity index (χ3v) is 3.42. The van der Waals surface area contributed by atoms with Crippen LogP contribution in [-0.2, 0) is 4.79 Å². The number of hydrogen-bond donors (Lipinski definition) is 1. The maximum absolute atomic E-state index is 11.4. The average molecular weight is 227 g/mol. The van der Waals surface area contributed by atoms with Gasteiger partial charge < -0.3 is 5.32 Å². The number of hydrogen-bond acceptors (Lipinski definition) is 1. The summed E-state index contributed by atoms with van der Waals surface area (Å²) in [6.07, 6.45) is 11.2. The molecule has 0 bridgehead atoms. The molecule has 1 fully saturated rings. The number of carbonyl (C=O) groups excluding carboxylic acids is 1. The van der Waals surface area contributed by atoms with Gasteiger partial charge in [-0.25, -0.2) is 0 Å². The minimum Gasteiger partial charge on any atom is -0.355 e. The van der Waals surface area contributed by atoms with E-state index in [4.69, 9.17) is 0 Å². The summed E-state index contributed by atoms with van der Waals surface area (Å²) >= 11 is 0. The lowest BCUT2D eigenvalue weighted by molar-refractivity contribution is -0.578. The number of fused-ring (bicyclic) bond motifs is 1. The Labute approximate surface area is 100 Å². The van der Waals surface area contributed by atoms with Crippen molar-refractivity contribution < 1.29 is 9.36 Å². The molecule has 1 saturated heterocycles. The molecule has 3 rings (SSSR count). The van der Waals surface area contributed by atoms with Crippen molar-refractivity contribution >= 4 is 11.6 Å². The van der Waals surface area contributed by atoms with Gasteiger partial charge in [0.15, 0.2) is 12.4 Å². The normalized spacial score (nSPS) is 27.1. The monoisotopic (exact) mass is 227 g/mol. The lowest BCUT2D eigenvalue weighted by Gasteiger charge is -2.28. The number of piperidine rings is 1. The molecular weight excluding hydrogens is 212 g/mol. The summed E-state index contributed by atoms with van der Waals surface area (Å²) < 4.78 is 2.08. The van der Waals surface area contributed by atoms with Crippen LogP contribution in [0.1, 0.15) is 6.42 Å². The number of carbonyl (C=O) groups is 1. The largest absolute Gasteiger partial charge is 0.355 e. The molecule has 0 aromatic carbocycles. The summed E-state index contributed by atoms with van der Waals surface area (Å²) in [7, 11) is 0. The first-order valence-corrected chi connectivity index (χ1v) is 5.96. The number of rotatable bonds is 1. The number of allylic oxidation sites excluding steroid dienone is 3. The van der Waals surface area contributed by atoms with Gasteiger partial charge in [-0.1, -0.05) is 12.1 Å². The molecule has 2 unspecified atom stereocenters. The van der Waals surface area contributed by atoms with E-state index in [1.165, 1.54) is 0 Å². The minimum atomic E-state index is 0.162. The topological polar surface area (TPSA) is 33.0 Å². The van der Waals surface area contributed by atoms with Crippen molar-refractivity contribution in [3.63, 3.8) is 0 Å². The van der Waals surface area contributed by atoms with Crippen molar-refractivity contribution in [2.75, 3.05) is 6.54 Å². The van der Waals surface area contributed by atoms with Crippen molar-refractivity contribution in [1.29, 1.82) is 0 Å². The Hall–Kier alpha value is -1.90. The third kappa shape index (κ3) is 2.00. The SMILES string of the molecule is O=C1CC2C=C([n+]3ccccc3)C=CC2CN1. The summed E-state index contributed by atoms with van der Waals surface area (Å²) in [6.45, 7) is 0.767. The highest BCUT2D eigenvalue weighted by atomic mass is 16.1. The van der Waals surface area contributed by atoms with Gasteiger partial charge in [-0.05, 0) is 6.08 Å². The Balaban J connectivity index is 1.88. The smallest absolute Gasteiger partial charge is 0.220 e. The van der Waals surface area contributed by atoms with Crippen LogP contribution in [0.4, 0.5) is 0 Å². The molecule has 2 atom stereocenters. The standard InChI is InChI=1S/C14H14N2O/c17-14-9-12-8-13(5-4-11(12)10-15-14)16-6-2-1-3-7-16/h1-8,11-12H,9-10H2/p+1. The first-order chi connectivity index (χ1) is 8.33. The first kappa shape index (κ1) is 10.3. The predicted molar refractivity (Wildman–Crippen MR) is 64.7 cm³/mol. The fraction of sp³-hybridized carbons (Fsp3) is 0.286.